The fourth-order valence-electron chi connectivity index (χ4n) is 2.77. The lowest BCUT2D eigenvalue weighted by Crippen LogP contribution is -2.21. The smallest absolute Gasteiger partial charge is 0.343 e. The molecule has 3 rings (SSSR count). The van der Waals surface area contributed by atoms with Gasteiger partial charge >= 0.3 is 5.97 Å². The van der Waals surface area contributed by atoms with Crippen LogP contribution >= 0.6 is 0 Å². The Morgan fingerprint density at radius 1 is 1.25 bits per heavy atom. The van der Waals surface area contributed by atoms with E-state index in [-0.39, 0.29) is 12.2 Å². The molecule has 8 nitrogen and oxygen atoms in total. The second-order valence-electron chi connectivity index (χ2n) is 5.24. The molecule has 0 aliphatic heterocycles. The van der Waals surface area contributed by atoms with Gasteiger partial charge in [-0.1, -0.05) is 0 Å². The summed E-state index contributed by atoms with van der Waals surface area (Å²) in [7, 11) is 3.20. The number of methoxy groups -OCH3 is 1. The third-order valence-electron chi connectivity index (χ3n) is 3.82. The maximum absolute atomic E-state index is 12.8. The van der Waals surface area contributed by atoms with Gasteiger partial charge < -0.3 is 14.0 Å². The van der Waals surface area contributed by atoms with Gasteiger partial charge in [0, 0.05) is 19.8 Å². The molecule has 0 aliphatic rings. The van der Waals surface area contributed by atoms with E-state index in [1.54, 1.807) is 24.6 Å². The van der Waals surface area contributed by atoms with Crippen molar-refractivity contribution < 1.29 is 14.3 Å². The number of carbonyl (C=O) groups excluding carboxylic acids is 1. The Morgan fingerprint density at radius 2 is 1.96 bits per heavy atom. The molecule has 8 heteroatoms. The van der Waals surface area contributed by atoms with Gasteiger partial charge in [0.15, 0.2) is 5.52 Å². The molecule has 0 unspecified atom stereocenters. The monoisotopic (exact) mass is 330 g/mol. The summed E-state index contributed by atoms with van der Waals surface area (Å²) in [6.45, 7) is 4.38. The van der Waals surface area contributed by atoms with Crippen LogP contribution in [0.15, 0.2) is 17.1 Å². The minimum absolute atomic E-state index is 0.00325. The SMILES string of the molecule is CCOC(=O)c1cn(CC)c2c(cc(OC)c3nn(C)nc32)c1=O. The van der Waals surface area contributed by atoms with Crippen LogP contribution < -0.4 is 10.2 Å². The molecule has 1 aromatic carbocycles. The fraction of sp³-hybridized carbons (Fsp3) is 0.375. The van der Waals surface area contributed by atoms with E-state index in [0.717, 1.165) is 0 Å². The Bertz CT molecular complexity index is 1000. The average Bonchev–Trinajstić information content (AvgIpc) is 2.96. The van der Waals surface area contributed by atoms with Gasteiger partial charge in [0.05, 0.1) is 24.6 Å². The Morgan fingerprint density at radius 3 is 2.58 bits per heavy atom. The largest absolute Gasteiger partial charge is 0.494 e. The molecule has 3 aromatic rings. The molecule has 0 fully saturated rings. The van der Waals surface area contributed by atoms with E-state index in [9.17, 15) is 9.59 Å². The van der Waals surface area contributed by atoms with E-state index in [0.29, 0.717) is 34.2 Å². The highest BCUT2D eigenvalue weighted by molar-refractivity contribution is 6.06. The zero-order chi connectivity index (χ0) is 17.4. The van der Waals surface area contributed by atoms with Gasteiger partial charge in [-0.25, -0.2) is 4.79 Å². The first-order chi connectivity index (χ1) is 11.5. The topological polar surface area (TPSA) is 88.2 Å². The van der Waals surface area contributed by atoms with Crippen molar-refractivity contribution in [1.82, 2.24) is 19.6 Å². The van der Waals surface area contributed by atoms with Crippen LogP contribution in [0.2, 0.25) is 0 Å². The molecule has 126 valence electrons. The summed E-state index contributed by atoms with van der Waals surface area (Å²) in [6, 6.07) is 1.60. The molecule has 0 aliphatic carbocycles. The van der Waals surface area contributed by atoms with Crippen molar-refractivity contribution in [2.24, 2.45) is 7.05 Å². The first-order valence-electron chi connectivity index (χ1n) is 7.64. The summed E-state index contributed by atoms with van der Waals surface area (Å²) >= 11 is 0. The van der Waals surface area contributed by atoms with Crippen molar-refractivity contribution in [2.75, 3.05) is 13.7 Å². The number of carbonyl (C=O) groups is 1. The molecule has 0 saturated heterocycles. The van der Waals surface area contributed by atoms with Crippen molar-refractivity contribution in [1.29, 1.82) is 0 Å². The van der Waals surface area contributed by atoms with Crippen molar-refractivity contribution in [2.45, 2.75) is 20.4 Å². The normalized spacial score (nSPS) is 11.2. The molecular weight excluding hydrogens is 312 g/mol. The zero-order valence-corrected chi connectivity index (χ0v) is 14.0. The summed E-state index contributed by atoms with van der Waals surface area (Å²) < 4.78 is 12.1. The Hall–Kier alpha value is -2.90. The average molecular weight is 330 g/mol. The summed E-state index contributed by atoms with van der Waals surface area (Å²) in [5.41, 5.74) is 1.34. The molecule has 0 amide bonds. The third kappa shape index (κ3) is 2.31. The number of hydrogen-bond acceptors (Lipinski definition) is 6. The van der Waals surface area contributed by atoms with E-state index < -0.39 is 11.4 Å². The lowest BCUT2D eigenvalue weighted by molar-refractivity contribution is 0.0524. The number of esters is 1. The number of benzene rings is 1. The van der Waals surface area contributed by atoms with Gasteiger partial charge in [-0.2, -0.15) is 9.90 Å². The van der Waals surface area contributed by atoms with Crippen LogP contribution in [0.4, 0.5) is 0 Å². The first-order valence-corrected chi connectivity index (χ1v) is 7.64. The van der Waals surface area contributed by atoms with E-state index in [1.165, 1.54) is 18.1 Å². The van der Waals surface area contributed by atoms with Crippen LogP contribution in [0.1, 0.15) is 24.2 Å². The second kappa shape index (κ2) is 5.95. The molecule has 0 radical (unpaired) electrons. The van der Waals surface area contributed by atoms with Crippen LogP contribution in [0.5, 0.6) is 5.75 Å². The van der Waals surface area contributed by atoms with Crippen LogP contribution in [0.3, 0.4) is 0 Å². The number of aromatic nitrogens is 4. The minimum Gasteiger partial charge on any atom is -0.494 e. The molecule has 2 aromatic heterocycles. The van der Waals surface area contributed by atoms with Crippen LogP contribution in [0, 0.1) is 0 Å². The van der Waals surface area contributed by atoms with Crippen LogP contribution in [-0.4, -0.2) is 39.2 Å². The third-order valence-corrected chi connectivity index (χ3v) is 3.82. The van der Waals surface area contributed by atoms with E-state index in [1.807, 2.05) is 6.92 Å². The van der Waals surface area contributed by atoms with Gasteiger partial charge in [-0.3, -0.25) is 4.79 Å². The summed E-state index contributed by atoms with van der Waals surface area (Å²) in [6.07, 6.45) is 1.52. The molecule has 0 bridgehead atoms. The molecule has 2 heterocycles. The molecular formula is C16H18N4O4. The molecule has 0 saturated carbocycles. The van der Waals surface area contributed by atoms with Crippen molar-refractivity contribution in [3.05, 3.63) is 28.0 Å². The number of nitrogens with zero attached hydrogens (tertiary/aromatic N) is 4. The maximum atomic E-state index is 12.8. The molecule has 24 heavy (non-hydrogen) atoms. The Balaban J connectivity index is 2.48. The number of rotatable bonds is 4. The van der Waals surface area contributed by atoms with Crippen molar-refractivity contribution >= 4 is 27.9 Å². The van der Waals surface area contributed by atoms with Gasteiger partial charge in [0.25, 0.3) is 0 Å². The predicted molar refractivity (Wildman–Crippen MR) is 88.5 cm³/mol. The highest BCUT2D eigenvalue weighted by atomic mass is 16.5. The van der Waals surface area contributed by atoms with Crippen LogP contribution in [-0.2, 0) is 18.3 Å². The van der Waals surface area contributed by atoms with Crippen molar-refractivity contribution in [3.63, 3.8) is 0 Å². The molecule has 0 N–H and O–H groups in total. The zero-order valence-electron chi connectivity index (χ0n) is 14.0. The number of fused-ring (bicyclic) bond motifs is 3. The second-order valence-corrected chi connectivity index (χ2v) is 5.24. The Kier molecular flexibility index (Phi) is 3.96. The van der Waals surface area contributed by atoms with E-state index >= 15 is 0 Å². The minimum atomic E-state index is -0.634. The van der Waals surface area contributed by atoms with Gasteiger partial charge in [0.2, 0.25) is 5.43 Å². The number of aryl methyl sites for hydroxylation is 2. The Labute approximate surface area is 137 Å². The summed E-state index contributed by atoms with van der Waals surface area (Å²) in [5.74, 6) is -0.198. The highest BCUT2D eigenvalue weighted by Gasteiger charge is 2.21. The fourth-order valence-corrected chi connectivity index (χ4v) is 2.77. The maximum Gasteiger partial charge on any atom is 0.343 e. The predicted octanol–water partition coefficient (Wildman–Crippen LogP) is 1.49. The summed E-state index contributed by atoms with van der Waals surface area (Å²) in [5, 5.41) is 9.01. The molecule has 0 atom stereocenters. The quantitative estimate of drug-likeness (QED) is 0.673. The lowest BCUT2D eigenvalue weighted by atomic mass is 10.1. The molecule has 0 spiro atoms. The van der Waals surface area contributed by atoms with Crippen LogP contribution in [0.25, 0.3) is 21.9 Å². The first kappa shape index (κ1) is 16.0. The highest BCUT2D eigenvalue weighted by Crippen LogP contribution is 2.29. The van der Waals surface area contributed by atoms with Crippen molar-refractivity contribution in [3.8, 4) is 5.75 Å². The van der Waals surface area contributed by atoms with E-state index in [2.05, 4.69) is 10.2 Å². The van der Waals surface area contributed by atoms with E-state index in [4.69, 9.17) is 9.47 Å². The standard InChI is InChI=1S/C16H18N4O4/c1-5-20-8-10(16(22)24-6-2)15(21)9-7-11(23-4)12-13(14(9)20)18-19(3)17-12/h7-8H,5-6H2,1-4H3. The number of hydrogen-bond donors (Lipinski definition) is 0. The summed E-state index contributed by atoms with van der Waals surface area (Å²) in [4.78, 5) is 26.3. The van der Waals surface area contributed by atoms with Gasteiger partial charge in [0.1, 0.15) is 16.8 Å². The van der Waals surface area contributed by atoms with Gasteiger partial charge in [-0.15, -0.1) is 5.10 Å². The van der Waals surface area contributed by atoms with Gasteiger partial charge in [-0.05, 0) is 19.9 Å². The number of pyridine rings is 1. The number of ether oxygens (including phenoxy) is 2. The lowest BCUT2D eigenvalue weighted by Gasteiger charge is -2.12.